The minimum Gasteiger partial charge on any atom is -0.508 e. The fourth-order valence-corrected chi connectivity index (χ4v) is 6.64. The standard InChI is InChI=1S/C34H41N3O6S/c1-22-11-8-9-14-25(22)20-36(17-18-38)33(43)30-34(3,4)44-21-37(30)32(42)29(40)27(19-24-12-6-5-7-13-24)35-31(41)26-15-10-16-28(39)23(26)2/h5-16,27,29-30,38-40H,17-21H2,1-4H3,(H,35,41). The zero-order valence-electron chi connectivity index (χ0n) is 25.6. The Hall–Kier alpha value is -3.86. The minimum atomic E-state index is -1.66. The van der Waals surface area contributed by atoms with Crippen molar-refractivity contribution in [3.8, 4) is 5.75 Å². The molecule has 0 spiro atoms. The molecule has 1 fully saturated rings. The van der Waals surface area contributed by atoms with Crippen molar-refractivity contribution in [1.82, 2.24) is 15.1 Å². The highest BCUT2D eigenvalue weighted by Crippen LogP contribution is 2.41. The molecule has 3 aromatic rings. The van der Waals surface area contributed by atoms with Gasteiger partial charge in [-0.2, -0.15) is 0 Å². The quantitative estimate of drug-likeness (QED) is 0.259. The summed E-state index contributed by atoms with van der Waals surface area (Å²) in [6.07, 6.45) is -1.51. The zero-order valence-corrected chi connectivity index (χ0v) is 26.4. The molecule has 9 nitrogen and oxygen atoms in total. The van der Waals surface area contributed by atoms with Gasteiger partial charge in [0.05, 0.1) is 18.5 Å². The van der Waals surface area contributed by atoms with E-state index in [0.29, 0.717) is 5.56 Å². The molecule has 4 rings (SSSR count). The Morgan fingerprint density at radius 2 is 1.70 bits per heavy atom. The first-order valence-electron chi connectivity index (χ1n) is 14.6. The molecule has 1 aliphatic heterocycles. The molecular weight excluding hydrogens is 578 g/mol. The highest BCUT2D eigenvalue weighted by atomic mass is 32.2. The van der Waals surface area contributed by atoms with E-state index in [1.54, 1.807) is 24.0 Å². The number of hydrogen-bond acceptors (Lipinski definition) is 7. The van der Waals surface area contributed by atoms with Crippen molar-refractivity contribution >= 4 is 29.5 Å². The van der Waals surface area contributed by atoms with Crippen molar-refractivity contribution in [3.05, 3.63) is 101 Å². The number of amides is 3. The Balaban J connectivity index is 1.62. The molecule has 0 aliphatic carbocycles. The van der Waals surface area contributed by atoms with Gasteiger partial charge in [-0.1, -0.05) is 60.7 Å². The van der Waals surface area contributed by atoms with Gasteiger partial charge >= 0.3 is 0 Å². The fraction of sp³-hybridized carbons (Fsp3) is 0.382. The SMILES string of the molecule is Cc1ccccc1CN(CCO)C(=O)C1N(C(=O)C(O)C(Cc2ccccc2)NC(=O)c2cccc(O)c2C)CSC1(C)C. The second-order valence-electron chi connectivity index (χ2n) is 11.7. The second-order valence-corrected chi connectivity index (χ2v) is 13.3. The number of rotatable bonds is 11. The van der Waals surface area contributed by atoms with Crippen molar-refractivity contribution in [2.75, 3.05) is 19.0 Å². The van der Waals surface area contributed by atoms with Crippen LogP contribution in [-0.4, -0.2) is 84.8 Å². The third-order valence-electron chi connectivity index (χ3n) is 8.17. The number of nitrogens with zero attached hydrogens (tertiary/aromatic N) is 2. The Labute approximate surface area is 262 Å². The molecule has 234 valence electrons. The van der Waals surface area contributed by atoms with Crippen molar-refractivity contribution < 1.29 is 29.7 Å². The zero-order chi connectivity index (χ0) is 32.0. The van der Waals surface area contributed by atoms with Gasteiger partial charge < -0.3 is 30.4 Å². The summed E-state index contributed by atoms with van der Waals surface area (Å²) in [5.74, 6) is -1.40. The van der Waals surface area contributed by atoms with E-state index in [9.17, 15) is 29.7 Å². The van der Waals surface area contributed by atoms with Gasteiger partial charge in [0.15, 0.2) is 6.10 Å². The van der Waals surface area contributed by atoms with Gasteiger partial charge in [-0.15, -0.1) is 11.8 Å². The lowest BCUT2D eigenvalue weighted by molar-refractivity contribution is -0.151. The first kappa shape index (κ1) is 33.0. The van der Waals surface area contributed by atoms with Gasteiger partial charge in [0.1, 0.15) is 11.8 Å². The number of phenols is 1. The molecule has 4 N–H and O–H groups in total. The van der Waals surface area contributed by atoms with Crippen LogP contribution in [0.2, 0.25) is 0 Å². The monoisotopic (exact) mass is 619 g/mol. The van der Waals surface area contributed by atoms with Crippen molar-refractivity contribution in [3.63, 3.8) is 0 Å². The Bertz CT molecular complexity index is 1480. The molecule has 1 aliphatic rings. The number of hydrogen-bond donors (Lipinski definition) is 4. The number of aliphatic hydroxyl groups is 2. The predicted octanol–water partition coefficient (Wildman–Crippen LogP) is 3.41. The van der Waals surface area contributed by atoms with Gasteiger partial charge in [0.25, 0.3) is 11.8 Å². The third-order valence-corrected chi connectivity index (χ3v) is 9.54. The van der Waals surface area contributed by atoms with E-state index in [2.05, 4.69) is 5.32 Å². The summed E-state index contributed by atoms with van der Waals surface area (Å²) >= 11 is 1.43. The van der Waals surface area contributed by atoms with Crippen LogP contribution in [-0.2, 0) is 22.6 Å². The second kappa shape index (κ2) is 14.3. The molecule has 3 aromatic carbocycles. The first-order chi connectivity index (χ1) is 20.9. The van der Waals surface area contributed by atoms with E-state index in [0.717, 1.165) is 16.7 Å². The van der Waals surface area contributed by atoms with E-state index in [1.807, 2.05) is 75.4 Å². The summed E-state index contributed by atoms with van der Waals surface area (Å²) in [7, 11) is 0. The van der Waals surface area contributed by atoms with Gasteiger partial charge in [0, 0.05) is 29.0 Å². The lowest BCUT2D eigenvalue weighted by Crippen LogP contribution is -2.59. The summed E-state index contributed by atoms with van der Waals surface area (Å²) in [4.78, 5) is 44.5. The maximum atomic E-state index is 14.1. The molecule has 3 amide bonds. The largest absolute Gasteiger partial charge is 0.508 e. The van der Waals surface area contributed by atoms with Crippen LogP contribution in [0.1, 0.15) is 46.5 Å². The minimum absolute atomic E-state index is 0.0373. The molecule has 0 aromatic heterocycles. The molecular formula is C34H41N3O6S. The number of phenolic OH excluding ortho intramolecular Hbond substituents is 1. The maximum Gasteiger partial charge on any atom is 0.254 e. The van der Waals surface area contributed by atoms with Crippen molar-refractivity contribution in [2.45, 2.75) is 63.6 Å². The van der Waals surface area contributed by atoms with Gasteiger partial charge in [-0.3, -0.25) is 14.4 Å². The number of aliphatic hydroxyl groups excluding tert-OH is 2. The third kappa shape index (κ3) is 7.43. The summed E-state index contributed by atoms with van der Waals surface area (Å²) < 4.78 is -0.678. The summed E-state index contributed by atoms with van der Waals surface area (Å²) in [5, 5.41) is 34.3. The predicted molar refractivity (Wildman–Crippen MR) is 171 cm³/mol. The lowest BCUT2D eigenvalue weighted by atomic mass is 9.96. The topological polar surface area (TPSA) is 130 Å². The van der Waals surface area contributed by atoms with Gasteiger partial charge in [-0.25, -0.2) is 0 Å². The summed E-state index contributed by atoms with van der Waals surface area (Å²) in [6, 6.07) is 19.6. The van der Waals surface area contributed by atoms with E-state index in [-0.39, 0.29) is 49.2 Å². The molecule has 0 bridgehead atoms. The van der Waals surface area contributed by atoms with Crippen LogP contribution < -0.4 is 5.32 Å². The van der Waals surface area contributed by atoms with Gasteiger partial charge in [-0.05, 0) is 62.9 Å². The Kier molecular flexibility index (Phi) is 10.7. The normalized spacial score (nSPS) is 17.1. The number of carbonyl (C=O) groups is 3. The average Bonchev–Trinajstić information content (AvgIpc) is 3.32. The highest BCUT2D eigenvalue weighted by Gasteiger charge is 2.51. The van der Waals surface area contributed by atoms with Crippen LogP contribution in [0, 0.1) is 13.8 Å². The Morgan fingerprint density at radius 3 is 2.39 bits per heavy atom. The molecule has 3 unspecified atom stereocenters. The van der Waals surface area contributed by atoms with Crippen LogP contribution in [0.15, 0.2) is 72.8 Å². The number of thioether (sulfide) groups is 1. The van der Waals surface area contributed by atoms with Crippen LogP contribution >= 0.6 is 11.8 Å². The fourth-order valence-electron chi connectivity index (χ4n) is 5.51. The van der Waals surface area contributed by atoms with Crippen LogP contribution in [0.25, 0.3) is 0 Å². The number of benzene rings is 3. The van der Waals surface area contributed by atoms with Crippen molar-refractivity contribution in [2.24, 2.45) is 0 Å². The van der Waals surface area contributed by atoms with Crippen LogP contribution in [0.4, 0.5) is 0 Å². The van der Waals surface area contributed by atoms with E-state index >= 15 is 0 Å². The molecule has 1 heterocycles. The number of nitrogens with one attached hydrogen (secondary N) is 1. The molecule has 44 heavy (non-hydrogen) atoms. The lowest BCUT2D eigenvalue weighted by Gasteiger charge is -2.36. The van der Waals surface area contributed by atoms with Gasteiger partial charge in [0.2, 0.25) is 5.91 Å². The summed E-state index contributed by atoms with van der Waals surface area (Å²) in [5.41, 5.74) is 3.35. The molecule has 1 saturated heterocycles. The first-order valence-corrected chi connectivity index (χ1v) is 15.6. The molecule has 0 radical (unpaired) electrons. The molecule has 10 heteroatoms. The molecule has 0 saturated carbocycles. The highest BCUT2D eigenvalue weighted by molar-refractivity contribution is 8.00. The number of aryl methyl sites for hydroxylation is 1. The maximum absolute atomic E-state index is 14.1. The van der Waals surface area contributed by atoms with E-state index < -0.39 is 34.7 Å². The number of carbonyl (C=O) groups excluding carboxylic acids is 3. The Morgan fingerprint density at radius 1 is 1.02 bits per heavy atom. The van der Waals surface area contributed by atoms with Crippen LogP contribution in [0.3, 0.4) is 0 Å². The summed E-state index contributed by atoms with van der Waals surface area (Å²) in [6.45, 7) is 7.46. The van der Waals surface area contributed by atoms with E-state index in [1.165, 1.54) is 22.7 Å². The average molecular weight is 620 g/mol. The van der Waals surface area contributed by atoms with E-state index in [4.69, 9.17) is 0 Å². The molecule has 3 atom stereocenters. The van der Waals surface area contributed by atoms with Crippen molar-refractivity contribution in [1.29, 1.82) is 0 Å². The smallest absolute Gasteiger partial charge is 0.254 e. The number of aromatic hydroxyl groups is 1. The van der Waals surface area contributed by atoms with Crippen LogP contribution in [0.5, 0.6) is 5.75 Å².